The maximum absolute atomic E-state index is 11.3. The van der Waals surface area contributed by atoms with Crippen molar-refractivity contribution in [3.05, 3.63) is 29.8 Å². The zero-order valence-electron chi connectivity index (χ0n) is 8.39. The van der Waals surface area contributed by atoms with Crippen LogP contribution in [-0.4, -0.2) is 31.6 Å². The lowest BCUT2D eigenvalue weighted by molar-refractivity contribution is 0.319. The first-order valence-electron chi connectivity index (χ1n) is 4.69. The molecule has 0 aromatic heterocycles. The van der Waals surface area contributed by atoms with Crippen LogP contribution in [0, 0.1) is 0 Å². The zero-order chi connectivity index (χ0) is 11.3. The number of sulfone groups is 1. The molecule has 0 fully saturated rings. The molecule has 0 atom stereocenters. The number of hydrogen-bond acceptors (Lipinski definition) is 4. The van der Waals surface area contributed by atoms with Gasteiger partial charge in [-0.05, 0) is 24.1 Å². The molecule has 0 aliphatic heterocycles. The van der Waals surface area contributed by atoms with E-state index in [0.717, 1.165) is 5.56 Å². The van der Waals surface area contributed by atoms with Crippen LogP contribution in [0.15, 0.2) is 24.3 Å². The summed E-state index contributed by atoms with van der Waals surface area (Å²) in [4.78, 5) is 0. The SMILES string of the molecule is Nc1cccc(CCS(=O)(=O)CCO)c1. The molecule has 5 heteroatoms. The first-order chi connectivity index (χ1) is 7.03. The molecule has 0 saturated heterocycles. The first-order valence-corrected chi connectivity index (χ1v) is 6.51. The normalized spacial score (nSPS) is 11.5. The van der Waals surface area contributed by atoms with E-state index < -0.39 is 9.84 Å². The number of anilines is 1. The summed E-state index contributed by atoms with van der Waals surface area (Å²) in [5, 5.41) is 8.54. The van der Waals surface area contributed by atoms with Gasteiger partial charge in [-0.15, -0.1) is 0 Å². The third-order valence-corrected chi connectivity index (χ3v) is 3.69. The Hall–Kier alpha value is -1.07. The van der Waals surface area contributed by atoms with E-state index in [0.29, 0.717) is 12.1 Å². The highest BCUT2D eigenvalue weighted by Crippen LogP contribution is 2.08. The van der Waals surface area contributed by atoms with Gasteiger partial charge in [-0.3, -0.25) is 0 Å². The Morgan fingerprint density at radius 1 is 1.27 bits per heavy atom. The molecule has 1 rings (SSSR count). The van der Waals surface area contributed by atoms with E-state index >= 15 is 0 Å². The average molecular weight is 229 g/mol. The van der Waals surface area contributed by atoms with Crippen molar-refractivity contribution in [1.82, 2.24) is 0 Å². The molecule has 0 aliphatic rings. The molecule has 1 aromatic rings. The number of nitrogen functional groups attached to an aromatic ring is 1. The highest BCUT2D eigenvalue weighted by Gasteiger charge is 2.09. The molecule has 0 unspecified atom stereocenters. The van der Waals surface area contributed by atoms with Gasteiger partial charge in [0, 0.05) is 5.69 Å². The van der Waals surface area contributed by atoms with Crippen LogP contribution in [0.2, 0.25) is 0 Å². The van der Waals surface area contributed by atoms with Gasteiger partial charge in [-0.25, -0.2) is 8.42 Å². The highest BCUT2D eigenvalue weighted by molar-refractivity contribution is 7.91. The molecular weight excluding hydrogens is 214 g/mol. The molecule has 1 aromatic carbocycles. The zero-order valence-corrected chi connectivity index (χ0v) is 9.20. The van der Waals surface area contributed by atoms with Crippen LogP contribution in [0.3, 0.4) is 0 Å². The lowest BCUT2D eigenvalue weighted by Gasteiger charge is -2.03. The van der Waals surface area contributed by atoms with Crippen molar-refractivity contribution in [2.24, 2.45) is 0 Å². The summed E-state index contributed by atoms with van der Waals surface area (Å²) in [7, 11) is -3.13. The summed E-state index contributed by atoms with van der Waals surface area (Å²) < 4.78 is 22.6. The van der Waals surface area contributed by atoms with Gasteiger partial charge in [-0.2, -0.15) is 0 Å². The second kappa shape index (κ2) is 5.14. The molecule has 0 saturated carbocycles. The molecular formula is C10H15NO3S. The van der Waals surface area contributed by atoms with E-state index in [9.17, 15) is 8.42 Å². The van der Waals surface area contributed by atoms with Gasteiger partial charge in [-0.1, -0.05) is 12.1 Å². The smallest absolute Gasteiger partial charge is 0.152 e. The Morgan fingerprint density at radius 2 is 2.00 bits per heavy atom. The van der Waals surface area contributed by atoms with E-state index in [-0.39, 0.29) is 18.1 Å². The van der Waals surface area contributed by atoms with Crippen molar-refractivity contribution in [2.45, 2.75) is 6.42 Å². The van der Waals surface area contributed by atoms with Crippen molar-refractivity contribution < 1.29 is 13.5 Å². The van der Waals surface area contributed by atoms with Gasteiger partial charge in [0.25, 0.3) is 0 Å². The molecule has 0 amide bonds. The van der Waals surface area contributed by atoms with Crippen LogP contribution in [0.5, 0.6) is 0 Å². The Morgan fingerprint density at radius 3 is 2.60 bits per heavy atom. The lowest BCUT2D eigenvalue weighted by Crippen LogP contribution is -2.15. The van der Waals surface area contributed by atoms with E-state index in [1.54, 1.807) is 18.2 Å². The van der Waals surface area contributed by atoms with Crippen molar-refractivity contribution in [2.75, 3.05) is 23.8 Å². The summed E-state index contributed by atoms with van der Waals surface area (Å²) >= 11 is 0. The number of rotatable bonds is 5. The predicted octanol–water partition coefficient (Wildman–Crippen LogP) is 0.218. The van der Waals surface area contributed by atoms with Crippen LogP contribution in [0.1, 0.15) is 5.56 Å². The van der Waals surface area contributed by atoms with Gasteiger partial charge in [0.1, 0.15) is 0 Å². The van der Waals surface area contributed by atoms with Crippen molar-refractivity contribution in [3.8, 4) is 0 Å². The average Bonchev–Trinajstić information content (AvgIpc) is 2.15. The number of benzene rings is 1. The van der Waals surface area contributed by atoms with Crippen LogP contribution >= 0.6 is 0 Å². The minimum atomic E-state index is -3.13. The summed E-state index contributed by atoms with van der Waals surface area (Å²) in [5.41, 5.74) is 7.10. The van der Waals surface area contributed by atoms with Crippen molar-refractivity contribution in [3.63, 3.8) is 0 Å². The molecule has 0 bridgehead atoms. The predicted molar refractivity (Wildman–Crippen MR) is 60.3 cm³/mol. The van der Waals surface area contributed by atoms with E-state index in [4.69, 9.17) is 10.8 Å². The van der Waals surface area contributed by atoms with Crippen LogP contribution in [0.25, 0.3) is 0 Å². The Bertz CT molecular complexity index is 414. The third-order valence-electron chi connectivity index (χ3n) is 2.06. The molecule has 84 valence electrons. The fourth-order valence-electron chi connectivity index (χ4n) is 1.26. The number of nitrogens with two attached hydrogens (primary N) is 1. The van der Waals surface area contributed by atoms with Crippen molar-refractivity contribution >= 4 is 15.5 Å². The molecule has 0 aliphatic carbocycles. The lowest BCUT2D eigenvalue weighted by atomic mass is 10.1. The standard InChI is InChI=1S/C10H15NO3S/c11-10-3-1-2-9(8-10)4-6-15(13,14)7-5-12/h1-3,8,12H,4-7,11H2. The van der Waals surface area contributed by atoms with E-state index in [1.807, 2.05) is 6.07 Å². The number of aliphatic hydroxyl groups is 1. The van der Waals surface area contributed by atoms with Crippen LogP contribution in [0.4, 0.5) is 5.69 Å². The monoisotopic (exact) mass is 229 g/mol. The van der Waals surface area contributed by atoms with Gasteiger partial charge < -0.3 is 10.8 Å². The molecule has 3 N–H and O–H groups in total. The molecule has 0 heterocycles. The molecule has 15 heavy (non-hydrogen) atoms. The number of hydrogen-bond donors (Lipinski definition) is 2. The minimum Gasteiger partial charge on any atom is -0.399 e. The van der Waals surface area contributed by atoms with Gasteiger partial charge in [0.05, 0.1) is 18.1 Å². The number of aliphatic hydroxyl groups excluding tert-OH is 1. The van der Waals surface area contributed by atoms with Gasteiger partial charge in [0.15, 0.2) is 9.84 Å². The minimum absolute atomic E-state index is 0.0526. The molecule has 4 nitrogen and oxygen atoms in total. The highest BCUT2D eigenvalue weighted by atomic mass is 32.2. The number of aryl methyl sites for hydroxylation is 1. The summed E-state index contributed by atoms with van der Waals surface area (Å²) in [6, 6.07) is 7.15. The maximum Gasteiger partial charge on any atom is 0.152 e. The summed E-state index contributed by atoms with van der Waals surface area (Å²) in [6.45, 7) is -0.320. The topological polar surface area (TPSA) is 80.4 Å². The van der Waals surface area contributed by atoms with Crippen LogP contribution in [-0.2, 0) is 16.3 Å². The summed E-state index contributed by atoms with van der Waals surface area (Å²) in [5.74, 6) is -0.119. The van der Waals surface area contributed by atoms with E-state index in [1.165, 1.54) is 0 Å². The molecule has 0 radical (unpaired) electrons. The van der Waals surface area contributed by atoms with Gasteiger partial charge in [0.2, 0.25) is 0 Å². The fraction of sp³-hybridized carbons (Fsp3) is 0.400. The van der Waals surface area contributed by atoms with E-state index in [2.05, 4.69) is 0 Å². The fourth-order valence-corrected chi connectivity index (χ4v) is 2.29. The maximum atomic E-state index is 11.3. The second-order valence-electron chi connectivity index (χ2n) is 3.37. The Kier molecular flexibility index (Phi) is 4.11. The summed E-state index contributed by atoms with van der Waals surface area (Å²) in [6.07, 6.45) is 0.438. The second-order valence-corrected chi connectivity index (χ2v) is 5.67. The van der Waals surface area contributed by atoms with Crippen molar-refractivity contribution in [1.29, 1.82) is 0 Å². The first kappa shape index (κ1) is 12.0. The Balaban J connectivity index is 2.58. The van der Waals surface area contributed by atoms with Gasteiger partial charge >= 0.3 is 0 Å². The quantitative estimate of drug-likeness (QED) is 0.708. The largest absolute Gasteiger partial charge is 0.399 e. The Labute approximate surface area is 89.7 Å². The van der Waals surface area contributed by atoms with Crippen LogP contribution < -0.4 is 5.73 Å². The third kappa shape index (κ3) is 4.31. The molecule has 0 spiro atoms.